The van der Waals surface area contributed by atoms with Gasteiger partial charge >= 0.3 is 6.09 Å². The lowest BCUT2D eigenvalue weighted by molar-refractivity contribution is 0.0198. The highest BCUT2D eigenvalue weighted by molar-refractivity contribution is 6.30. The van der Waals surface area contributed by atoms with Crippen molar-refractivity contribution < 1.29 is 14.3 Å². The topological polar surface area (TPSA) is 50.8 Å². The number of ether oxygens (including phenoxy) is 2. The fourth-order valence-corrected chi connectivity index (χ4v) is 5.27. The van der Waals surface area contributed by atoms with Gasteiger partial charge in [0, 0.05) is 42.1 Å². The van der Waals surface area contributed by atoms with Crippen LogP contribution in [-0.2, 0) is 4.74 Å². The quantitative estimate of drug-likeness (QED) is 0.336. The summed E-state index contributed by atoms with van der Waals surface area (Å²) in [6.45, 7) is 11.2. The van der Waals surface area contributed by atoms with Crippen molar-refractivity contribution in [2.24, 2.45) is 5.92 Å². The normalized spacial score (nSPS) is 17.9. The molecule has 2 aromatic carbocycles. The lowest BCUT2D eigenvalue weighted by Crippen LogP contribution is -2.45. The minimum atomic E-state index is -0.399. The molecule has 0 aromatic heterocycles. The highest BCUT2D eigenvalue weighted by atomic mass is 35.5. The summed E-state index contributed by atoms with van der Waals surface area (Å²) in [5.41, 5.74) is 2.29. The van der Waals surface area contributed by atoms with Crippen LogP contribution < -0.4 is 10.1 Å². The molecule has 6 heteroatoms. The molecule has 0 radical (unpaired) electrons. The van der Waals surface area contributed by atoms with Crippen LogP contribution in [0.25, 0.3) is 0 Å². The van der Waals surface area contributed by atoms with E-state index in [2.05, 4.69) is 52.1 Å². The molecular weight excluding hydrogens is 460 g/mol. The first kappa shape index (κ1) is 27.3. The molecule has 0 aliphatic carbocycles. The number of nitrogens with zero attached hydrogens (tertiary/aromatic N) is 1. The number of nitrogens with one attached hydrogen (secondary N) is 1. The number of benzene rings is 2. The molecule has 0 fully saturated rings. The van der Waals surface area contributed by atoms with Crippen molar-refractivity contribution in [3.8, 4) is 11.5 Å². The smallest absolute Gasteiger partial charge is 0.411 e. The van der Waals surface area contributed by atoms with Crippen LogP contribution in [0.15, 0.2) is 42.5 Å². The molecule has 3 atom stereocenters. The predicted molar refractivity (Wildman–Crippen MR) is 144 cm³/mol. The number of hydrogen-bond donors (Lipinski definition) is 1. The summed E-state index contributed by atoms with van der Waals surface area (Å²) in [7, 11) is 1.83. The summed E-state index contributed by atoms with van der Waals surface area (Å²) < 4.78 is 12.4. The fraction of sp³-hybridized carbons (Fsp3) is 0.552. The molecular formula is C29H41ClN2O3. The molecule has 192 valence electrons. The molecule has 3 rings (SSSR count). The Morgan fingerprint density at radius 1 is 1.06 bits per heavy atom. The van der Waals surface area contributed by atoms with Crippen molar-refractivity contribution in [2.75, 3.05) is 13.6 Å². The van der Waals surface area contributed by atoms with Crippen LogP contribution >= 0.6 is 11.6 Å². The average molecular weight is 501 g/mol. The molecule has 2 aromatic rings. The minimum absolute atomic E-state index is 0.115. The van der Waals surface area contributed by atoms with E-state index >= 15 is 0 Å². The van der Waals surface area contributed by atoms with E-state index in [1.54, 1.807) is 4.90 Å². The highest BCUT2D eigenvalue weighted by Gasteiger charge is 2.33. The van der Waals surface area contributed by atoms with Crippen LogP contribution in [0.4, 0.5) is 4.79 Å². The van der Waals surface area contributed by atoms with Crippen molar-refractivity contribution in [3.05, 3.63) is 58.6 Å². The zero-order valence-corrected chi connectivity index (χ0v) is 22.8. The lowest BCUT2D eigenvalue weighted by atomic mass is 9.78. The Balaban J connectivity index is 1.89. The number of carbonyl (C=O) groups is 1. The second-order valence-corrected chi connectivity index (χ2v) is 10.3. The summed E-state index contributed by atoms with van der Waals surface area (Å²) in [6.07, 6.45) is 3.19. The molecule has 1 aliphatic heterocycles. The number of fused-ring (bicyclic) bond motifs is 2. The summed E-state index contributed by atoms with van der Waals surface area (Å²) >= 11 is 6.45. The average Bonchev–Trinajstić information content (AvgIpc) is 2.96. The van der Waals surface area contributed by atoms with E-state index < -0.39 is 6.23 Å². The van der Waals surface area contributed by atoms with Crippen molar-refractivity contribution >= 4 is 17.7 Å². The maximum absolute atomic E-state index is 12.9. The van der Waals surface area contributed by atoms with Gasteiger partial charge in [-0.1, -0.05) is 70.8 Å². The van der Waals surface area contributed by atoms with Gasteiger partial charge in [-0.15, -0.1) is 0 Å². The Hall–Kier alpha value is -2.24. The van der Waals surface area contributed by atoms with Gasteiger partial charge in [0.05, 0.1) is 0 Å². The largest absolute Gasteiger partial charge is 0.457 e. The molecule has 0 saturated carbocycles. The van der Waals surface area contributed by atoms with Gasteiger partial charge in [-0.3, -0.25) is 5.32 Å². The third-order valence-corrected chi connectivity index (χ3v) is 7.38. The van der Waals surface area contributed by atoms with Crippen molar-refractivity contribution in [1.29, 1.82) is 0 Å². The summed E-state index contributed by atoms with van der Waals surface area (Å²) in [6, 6.07) is 14.3. The number of halogens is 1. The van der Waals surface area contributed by atoms with Gasteiger partial charge in [0.25, 0.3) is 0 Å². The molecule has 1 aliphatic rings. The first-order chi connectivity index (χ1) is 16.8. The van der Waals surface area contributed by atoms with Gasteiger partial charge in [-0.05, 0) is 55.0 Å². The van der Waals surface area contributed by atoms with Crippen LogP contribution in [0, 0.1) is 5.92 Å². The lowest BCUT2D eigenvalue weighted by Gasteiger charge is -2.32. The van der Waals surface area contributed by atoms with E-state index in [0.29, 0.717) is 11.6 Å². The Morgan fingerprint density at radius 3 is 2.40 bits per heavy atom. The summed E-state index contributed by atoms with van der Waals surface area (Å²) in [5.74, 6) is 2.21. The fourth-order valence-electron chi connectivity index (χ4n) is 5.09. The van der Waals surface area contributed by atoms with E-state index in [4.69, 9.17) is 21.1 Å². The summed E-state index contributed by atoms with van der Waals surface area (Å²) in [5, 5.41) is 4.28. The maximum atomic E-state index is 12.9. The van der Waals surface area contributed by atoms with E-state index in [9.17, 15) is 4.79 Å². The number of hydrogen-bond acceptors (Lipinski definition) is 4. The van der Waals surface area contributed by atoms with Gasteiger partial charge in [-0.2, -0.15) is 0 Å². The summed E-state index contributed by atoms with van der Waals surface area (Å²) in [4.78, 5) is 14.6. The zero-order chi connectivity index (χ0) is 25.5. The van der Waals surface area contributed by atoms with E-state index in [-0.39, 0.29) is 29.9 Å². The SMILES string of the molecule is CCCC1c2ccccc2Oc2ccc(Cl)cc2C1CNC(OC(=O)N(C)C(CC)CC)C(C)C. The molecule has 1 N–H and O–H groups in total. The molecule has 1 heterocycles. The Labute approximate surface area is 216 Å². The number of rotatable bonds is 10. The second kappa shape index (κ2) is 12.6. The molecule has 5 nitrogen and oxygen atoms in total. The van der Waals surface area contributed by atoms with Crippen LogP contribution in [0.5, 0.6) is 11.5 Å². The molecule has 3 unspecified atom stereocenters. The van der Waals surface area contributed by atoms with E-state index in [1.165, 1.54) is 5.56 Å². The Kier molecular flexibility index (Phi) is 9.88. The third-order valence-electron chi connectivity index (χ3n) is 7.15. The monoisotopic (exact) mass is 500 g/mol. The first-order valence-electron chi connectivity index (χ1n) is 13.0. The van der Waals surface area contributed by atoms with E-state index in [1.807, 2.05) is 37.4 Å². The molecule has 0 bridgehead atoms. The zero-order valence-electron chi connectivity index (χ0n) is 22.0. The van der Waals surface area contributed by atoms with Crippen molar-refractivity contribution in [1.82, 2.24) is 10.2 Å². The van der Waals surface area contributed by atoms with Crippen molar-refractivity contribution in [3.63, 3.8) is 0 Å². The van der Waals surface area contributed by atoms with Gasteiger partial charge < -0.3 is 14.4 Å². The Bertz CT molecular complexity index is 976. The predicted octanol–water partition coefficient (Wildman–Crippen LogP) is 7.94. The molecule has 35 heavy (non-hydrogen) atoms. The minimum Gasteiger partial charge on any atom is -0.457 e. The number of para-hydroxylation sites is 1. The molecule has 0 saturated heterocycles. The van der Waals surface area contributed by atoms with E-state index in [0.717, 1.165) is 42.7 Å². The standard InChI is InChI=1S/C29H41ClN2O3/c1-7-12-22-23-13-10-11-14-26(23)34-27-16-15-20(30)17-24(27)25(22)18-31-28(19(4)5)35-29(33)32(6)21(8-2)9-3/h10-11,13-17,19,21-22,25,28,31H,7-9,12,18H2,1-6H3. The maximum Gasteiger partial charge on any atom is 0.411 e. The van der Waals surface area contributed by atoms with Crippen LogP contribution in [-0.4, -0.2) is 36.9 Å². The third kappa shape index (κ3) is 6.50. The molecule has 0 spiro atoms. The van der Waals surface area contributed by atoms with Crippen LogP contribution in [0.1, 0.15) is 83.3 Å². The Morgan fingerprint density at radius 2 is 1.74 bits per heavy atom. The van der Waals surface area contributed by atoms with Crippen LogP contribution in [0.3, 0.4) is 0 Å². The first-order valence-corrected chi connectivity index (χ1v) is 13.4. The number of amides is 1. The number of carbonyl (C=O) groups excluding carboxylic acids is 1. The van der Waals surface area contributed by atoms with Gasteiger partial charge in [0.1, 0.15) is 11.5 Å². The van der Waals surface area contributed by atoms with Gasteiger partial charge in [0.15, 0.2) is 6.23 Å². The molecule has 1 amide bonds. The van der Waals surface area contributed by atoms with Crippen LogP contribution in [0.2, 0.25) is 5.02 Å². The van der Waals surface area contributed by atoms with Gasteiger partial charge in [0.2, 0.25) is 0 Å². The van der Waals surface area contributed by atoms with Gasteiger partial charge in [-0.25, -0.2) is 4.79 Å². The van der Waals surface area contributed by atoms with Crippen molar-refractivity contribution in [2.45, 2.75) is 84.4 Å². The second-order valence-electron chi connectivity index (χ2n) is 9.86. The highest BCUT2D eigenvalue weighted by Crippen LogP contribution is 2.48.